The molecular weight excluding hydrogens is 609 g/mol. The Morgan fingerprint density at radius 1 is 0.520 bits per heavy atom. The van der Waals surface area contributed by atoms with Crippen molar-refractivity contribution in [3.63, 3.8) is 0 Å². The molecule has 246 valence electrons. The number of aromatic nitrogens is 4. The van der Waals surface area contributed by atoms with E-state index in [1.54, 1.807) is 0 Å². The molecule has 0 bridgehead atoms. The Hall–Kier alpha value is -5.48. The van der Waals surface area contributed by atoms with Gasteiger partial charge in [0.2, 0.25) is 0 Å². The van der Waals surface area contributed by atoms with Gasteiger partial charge < -0.3 is 0 Å². The zero-order valence-electron chi connectivity index (χ0n) is 29.0. The van der Waals surface area contributed by atoms with Crippen molar-refractivity contribution in [1.29, 1.82) is 0 Å². The Labute approximate surface area is 295 Å². The summed E-state index contributed by atoms with van der Waals surface area (Å²) in [6.45, 7) is 4.05. The maximum absolute atomic E-state index is 5.08. The second-order valence-electron chi connectivity index (χ2n) is 13.6. The molecule has 0 spiro atoms. The van der Waals surface area contributed by atoms with Crippen molar-refractivity contribution in [3.05, 3.63) is 150 Å². The van der Waals surface area contributed by atoms with Crippen LogP contribution in [0.3, 0.4) is 0 Å². The molecule has 2 heterocycles. The van der Waals surface area contributed by atoms with Gasteiger partial charge in [0.15, 0.2) is 17.5 Å². The highest BCUT2D eigenvalue weighted by Gasteiger charge is 2.21. The first-order valence-corrected chi connectivity index (χ1v) is 18.1. The topological polar surface area (TPSA) is 51.6 Å². The van der Waals surface area contributed by atoms with E-state index in [1.807, 2.05) is 19.9 Å². The van der Waals surface area contributed by atoms with E-state index < -0.39 is 0 Å². The Bertz CT molecular complexity index is 2220. The van der Waals surface area contributed by atoms with E-state index in [0.717, 1.165) is 73.3 Å². The number of pyridine rings is 1. The van der Waals surface area contributed by atoms with Gasteiger partial charge in [-0.2, -0.15) is 0 Å². The van der Waals surface area contributed by atoms with Crippen LogP contribution < -0.4 is 0 Å². The van der Waals surface area contributed by atoms with Crippen molar-refractivity contribution in [3.8, 4) is 45.0 Å². The molecule has 50 heavy (non-hydrogen) atoms. The summed E-state index contributed by atoms with van der Waals surface area (Å²) in [7, 11) is 0. The van der Waals surface area contributed by atoms with Crippen LogP contribution in [0.2, 0.25) is 0 Å². The van der Waals surface area contributed by atoms with Crippen molar-refractivity contribution in [2.24, 2.45) is 0 Å². The number of rotatable bonds is 7. The first-order chi connectivity index (χ1) is 24.6. The van der Waals surface area contributed by atoms with Crippen LogP contribution in [0, 0.1) is 13.8 Å². The molecule has 3 aromatic carbocycles. The van der Waals surface area contributed by atoms with Gasteiger partial charge in [0, 0.05) is 22.5 Å². The number of aryl methyl sites for hydroxylation is 2. The predicted octanol–water partition coefficient (Wildman–Crippen LogP) is 12.0. The fourth-order valence-electron chi connectivity index (χ4n) is 7.39. The van der Waals surface area contributed by atoms with E-state index in [0.29, 0.717) is 11.6 Å². The number of allylic oxidation sites excluding steroid dienone is 10. The Morgan fingerprint density at radius 3 is 2.06 bits per heavy atom. The molecule has 0 N–H and O–H groups in total. The third-order valence-corrected chi connectivity index (χ3v) is 10.0. The third kappa shape index (κ3) is 6.58. The van der Waals surface area contributed by atoms with E-state index in [4.69, 9.17) is 19.9 Å². The lowest BCUT2D eigenvalue weighted by Crippen LogP contribution is -2.05. The van der Waals surface area contributed by atoms with Crippen LogP contribution in [0.1, 0.15) is 79.7 Å². The van der Waals surface area contributed by atoms with Gasteiger partial charge in [-0.3, -0.25) is 4.98 Å². The minimum absolute atomic E-state index is 0.678. The van der Waals surface area contributed by atoms with Gasteiger partial charge in [-0.1, -0.05) is 97.1 Å². The maximum atomic E-state index is 5.08. The molecule has 0 atom stereocenters. The van der Waals surface area contributed by atoms with Gasteiger partial charge >= 0.3 is 0 Å². The van der Waals surface area contributed by atoms with Crippen LogP contribution in [0.25, 0.3) is 61.7 Å². The molecule has 0 aliphatic heterocycles. The summed E-state index contributed by atoms with van der Waals surface area (Å²) in [6, 6.07) is 28.6. The molecule has 0 unspecified atom stereocenters. The van der Waals surface area contributed by atoms with E-state index in [2.05, 4.69) is 115 Å². The maximum Gasteiger partial charge on any atom is 0.165 e. The van der Waals surface area contributed by atoms with Crippen LogP contribution in [0.4, 0.5) is 0 Å². The van der Waals surface area contributed by atoms with Crippen molar-refractivity contribution in [1.82, 2.24) is 19.9 Å². The van der Waals surface area contributed by atoms with Crippen molar-refractivity contribution in [2.75, 3.05) is 0 Å². The highest BCUT2D eigenvalue weighted by Crippen LogP contribution is 2.43. The van der Waals surface area contributed by atoms with Crippen molar-refractivity contribution >= 4 is 16.7 Å². The van der Waals surface area contributed by atoms with Gasteiger partial charge in [0.1, 0.15) is 0 Å². The van der Waals surface area contributed by atoms with Gasteiger partial charge in [-0.25, -0.2) is 15.0 Å². The van der Waals surface area contributed by atoms with E-state index in [-0.39, 0.29) is 0 Å². The number of benzene rings is 3. The Morgan fingerprint density at radius 2 is 1.32 bits per heavy atom. The monoisotopic (exact) mass is 650 g/mol. The van der Waals surface area contributed by atoms with E-state index in [9.17, 15) is 0 Å². The molecule has 0 saturated heterocycles. The average Bonchev–Trinajstić information content (AvgIpc) is 3.18. The number of hydrogen-bond acceptors (Lipinski definition) is 4. The first-order valence-electron chi connectivity index (χ1n) is 18.1. The predicted molar refractivity (Wildman–Crippen MR) is 208 cm³/mol. The molecule has 2 aromatic heterocycles. The molecule has 0 saturated carbocycles. The summed E-state index contributed by atoms with van der Waals surface area (Å²) < 4.78 is 0. The largest absolute Gasteiger partial charge is 0.258 e. The molecule has 3 aliphatic carbocycles. The lowest BCUT2D eigenvalue weighted by atomic mass is 9.82. The normalized spacial score (nSPS) is 15.8. The highest BCUT2D eigenvalue weighted by molar-refractivity contribution is 5.97. The fraction of sp³-hybridized carbons (Fsp3) is 0.217. The summed E-state index contributed by atoms with van der Waals surface area (Å²) in [5.74, 6) is 2.15. The molecule has 0 amide bonds. The molecule has 4 heteroatoms. The SMILES string of the molecule is Cc1ccc(-c2nc(C3=CCCCC3)nc(-c3ccc(-c4c(C5=CCCC=C5)cc(C5=CC=CCC5)cc4-c4ccccc4)cc3)n2)c(C)n1. The fourth-order valence-corrected chi connectivity index (χ4v) is 7.39. The highest BCUT2D eigenvalue weighted by atomic mass is 15.0. The molecule has 8 rings (SSSR count). The lowest BCUT2D eigenvalue weighted by molar-refractivity contribution is 0.736. The van der Waals surface area contributed by atoms with Crippen LogP contribution in [-0.2, 0) is 0 Å². The lowest BCUT2D eigenvalue weighted by Gasteiger charge is -2.22. The molecule has 5 aromatic rings. The summed E-state index contributed by atoms with van der Waals surface area (Å²) >= 11 is 0. The Balaban J connectivity index is 1.28. The molecule has 0 fully saturated rings. The molecular formula is C46H42N4. The molecule has 4 nitrogen and oxygen atoms in total. The quantitative estimate of drug-likeness (QED) is 0.176. The zero-order chi connectivity index (χ0) is 33.9. The summed E-state index contributed by atoms with van der Waals surface area (Å²) in [5.41, 5.74) is 15.2. The standard InChI is InChI=1S/C46H42N4/c1-31-23-28-40(32(2)47-31)46-49-44(37-21-13-6-14-22-37)48-45(50-46)38-26-24-36(25-27-38)43-41(34-17-9-4-10-18-34)29-39(33-15-7-3-8-16-33)30-42(43)35-19-11-5-12-20-35/h3-4,7,9-11,15,17-21,23-30H,5-6,8,12-14,16,22H2,1-2H3. The summed E-state index contributed by atoms with van der Waals surface area (Å²) in [6.07, 6.45) is 24.8. The van der Waals surface area contributed by atoms with Gasteiger partial charge in [0.05, 0.1) is 0 Å². The van der Waals surface area contributed by atoms with Crippen LogP contribution in [0.5, 0.6) is 0 Å². The average molecular weight is 651 g/mol. The van der Waals surface area contributed by atoms with Crippen LogP contribution in [-0.4, -0.2) is 19.9 Å². The minimum Gasteiger partial charge on any atom is -0.258 e. The van der Waals surface area contributed by atoms with E-state index >= 15 is 0 Å². The summed E-state index contributed by atoms with van der Waals surface area (Å²) in [4.78, 5) is 19.9. The second kappa shape index (κ2) is 14.2. The van der Waals surface area contributed by atoms with Crippen LogP contribution >= 0.6 is 0 Å². The van der Waals surface area contributed by atoms with Crippen molar-refractivity contribution in [2.45, 2.75) is 65.2 Å². The first kappa shape index (κ1) is 31.8. The number of hydrogen-bond donors (Lipinski definition) is 0. The molecule has 0 radical (unpaired) electrons. The molecule has 3 aliphatic rings. The van der Waals surface area contributed by atoms with E-state index in [1.165, 1.54) is 56.5 Å². The van der Waals surface area contributed by atoms with Gasteiger partial charge in [-0.15, -0.1) is 0 Å². The summed E-state index contributed by atoms with van der Waals surface area (Å²) in [5, 5.41) is 0. The van der Waals surface area contributed by atoms with Crippen LogP contribution in [0.15, 0.2) is 121 Å². The number of nitrogens with zero attached hydrogens (tertiary/aromatic N) is 4. The third-order valence-electron chi connectivity index (χ3n) is 10.0. The van der Waals surface area contributed by atoms with Crippen molar-refractivity contribution < 1.29 is 0 Å². The zero-order valence-corrected chi connectivity index (χ0v) is 29.0. The second-order valence-corrected chi connectivity index (χ2v) is 13.6. The van der Waals surface area contributed by atoms with Gasteiger partial charge in [0.25, 0.3) is 0 Å². The minimum atomic E-state index is 0.678. The Kier molecular flexibility index (Phi) is 9.00. The van der Waals surface area contributed by atoms with Gasteiger partial charge in [-0.05, 0) is 140 Å². The smallest absolute Gasteiger partial charge is 0.165 e.